The van der Waals surface area contributed by atoms with Gasteiger partial charge in [0.1, 0.15) is 6.61 Å². The normalized spacial score (nSPS) is 26.0. The second-order valence-electron chi connectivity index (χ2n) is 9.20. The molecule has 1 amide bonds. The Hall–Kier alpha value is -0.850. The van der Waals surface area contributed by atoms with E-state index in [-0.39, 0.29) is 23.0 Å². The number of nitrogens with two attached hydrogens (primary N) is 1. The summed E-state index contributed by atoms with van der Waals surface area (Å²) in [7, 11) is 6.22. The van der Waals surface area contributed by atoms with Crippen LogP contribution in [0.2, 0.25) is 0 Å². The first-order chi connectivity index (χ1) is 11.6. The fraction of sp³-hybridized carbons (Fsp3) is 0.947. The first-order valence-electron chi connectivity index (χ1n) is 9.52. The maximum Gasteiger partial charge on any atom is 0.407 e. The van der Waals surface area contributed by atoms with E-state index in [0.29, 0.717) is 13.2 Å². The molecule has 1 rings (SSSR count). The van der Waals surface area contributed by atoms with E-state index in [2.05, 4.69) is 57.0 Å². The van der Waals surface area contributed by atoms with Crippen LogP contribution in [0.15, 0.2) is 0 Å². The number of nitrogens with one attached hydrogen (secondary N) is 1. The third-order valence-electron chi connectivity index (χ3n) is 5.11. The van der Waals surface area contributed by atoms with E-state index in [1.54, 1.807) is 0 Å². The van der Waals surface area contributed by atoms with E-state index in [4.69, 9.17) is 10.5 Å². The van der Waals surface area contributed by atoms with Gasteiger partial charge in [-0.05, 0) is 77.3 Å². The molecule has 0 aromatic heterocycles. The summed E-state index contributed by atoms with van der Waals surface area (Å²) >= 11 is 0. The van der Waals surface area contributed by atoms with Gasteiger partial charge in [-0.25, -0.2) is 4.79 Å². The number of hydrogen-bond donors (Lipinski definition) is 2. The maximum absolute atomic E-state index is 12.1. The van der Waals surface area contributed by atoms with Gasteiger partial charge in [0, 0.05) is 12.6 Å². The maximum atomic E-state index is 12.1. The first-order valence-corrected chi connectivity index (χ1v) is 9.52. The van der Waals surface area contributed by atoms with Crippen molar-refractivity contribution in [3.05, 3.63) is 0 Å². The number of alkyl carbamates (subject to hydrolysis) is 1. The molecule has 0 aliphatic heterocycles. The lowest BCUT2D eigenvalue weighted by Gasteiger charge is -2.46. The fourth-order valence-corrected chi connectivity index (χ4v) is 4.16. The van der Waals surface area contributed by atoms with Crippen LogP contribution in [-0.2, 0) is 4.74 Å². The summed E-state index contributed by atoms with van der Waals surface area (Å²) in [6.07, 6.45) is 3.81. The van der Waals surface area contributed by atoms with Gasteiger partial charge in [-0.15, -0.1) is 0 Å². The summed E-state index contributed by atoms with van der Waals surface area (Å²) in [5.74, 6) is 0. The zero-order valence-electron chi connectivity index (χ0n) is 17.2. The molecule has 3 N–H and O–H groups in total. The van der Waals surface area contributed by atoms with Gasteiger partial charge in [0.15, 0.2) is 0 Å². The van der Waals surface area contributed by atoms with E-state index < -0.39 is 0 Å². The molecule has 2 atom stereocenters. The second kappa shape index (κ2) is 9.74. The number of carbonyl (C=O) groups excluding carboxylic acids is 1. The van der Waals surface area contributed by atoms with Gasteiger partial charge in [0.25, 0.3) is 0 Å². The predicted octanol–water partition coefficient (Wildman–Crippen LogP) is 2.14. The molecule has 1 saturated carbocycles. The lowest BCUT2D eigenvalue weighted by atomic mass is 9.63. The van der Waals surface area contributed by atoms with Gasteiger partial charge in [0.2, 0.25) is 0 Å². The van der Waals surface area contributed by atoms with Crippen LogP contribution in [-0.4, -0.2) is 75.9 Å². The minimum atomic E-state index is -0.302. The number of nitrogens with zero attached hydrogens (tertiary/aromatic N) is 2. The van der Waals surface area contributed by atoms with Gasteiger partial charge in [-0.3, -0.25) is 0 Å². The van der Waals surface area contributed by atoms with Gasteiger partial charge in [-0.2, -0.15) is 0 Å². The van der Waals surface area contributed by atoms with Crippen molar-refractivity contribution in [1.29, 1.82) is 0 Å². The van der Waals surface area contributed by atoms with Crippen LogP contribution >= 0.6 is 0 Å². The molecule has 0 aromatic rings. The van der Waals surface area contributed by atoms with E-state index in [9.17, 15) is 4.79 Å². The highest BCUT2D eigenvalue weighted by atomic mass is 16.5. The number of rotatable bonds is 9. The van der Waals surface area contributed by atoms with Crippen LogP contribution < -0.4 is 11.1 Å². The lowest BCUT2D eigenvalue weighted by Crippen LogP contribution is -2.49. The highest BCUT2D eigenvalue weighted by molar-refractivity contribution is 5.67. The summed E-state index contributed by atoms with van der Waals surface area (Å²) in [6, 6.07) is 0.141. The molecule has 1 aliphatic rings. The van der Waals surface area contributed by atoms with Gasteiger partial charge < -0.3 is 25.6 Å². The Bertz CT molecular complexity index is 414. The quantitative estimate of drug-likeness (QED) is 0.662. The molecule has 6 nitrogen and oxygen atoms in total. The number of likely N-dealkylation sites (N-methyl/N-ethyl adjacent to an activating group) is 1. The molecule has 148 valence electrons. The molecule has 0 bridgehead atoms. The molecule has 0 radical (unpaired) electrons. The Morgan fingerprint density at radius 2 is 1.84 bits per heavy atom. The average Bonchev–Trinajstić information content (AvgIpc) is 2.44. The van der Waals surface area contributed by atoms with Crippen LogP contribution in [0, 0.1) is 10.8 Å². The number of ether oxygens (including phenoxy) is 1. The molecule has 0 saturated heterocycles. The van der Waals surface area contributed by atoms with Crippen molar-refractivity contribution in [2.24, 2.45) is 16.6 Å². The largest absolute Gasteiger partial charge is 0.448 e. The standard InChI is InChI=1S/C19H40N4O2/c1-18(2)12-16(13-19(3,14-18)15-20)21-17(24)25-11-10-23(6)9-7-8-22(4)5/h16H,7-15,20H2,1-6H3,(H,21,24). The fourth-order valence-electron chi connectivity index (χ4n) is 4.16. The second-order valence-corrected chi connectivity index (χ2v) is 9.20. The average molecular weight is 357 g/mol. The summed E-state index contributed by atoms with van der Waals surface area (Å²) in [5.41, 5.74) is 6.25. The van der Waals surface area contributed by atoms with Gasteiger partial charge >= 0.3 is 6.09 Å². The first kappa shape index (κ1) is 22.2. The van der Waals surface area contributed by atoms with E-state index in [1.807, 2.05) is 0 Å². The van der Waals surface area contributed by atoms with E-state index in [0.717, 1.165) is 45.3 Å². The van der Waals surface area contributed by atoms with Crippen molar-refractivity contribution >= 4 is 6.09 Å². The molecular weight excluding hydrogens is 316 g/mol. The Kier molecular flexibility index (Phi) is 8.64. The molecule has 25 heavy (non-hydrogen) atoms. The van der Waals surface area contributed by atoms with Crippen LogP contribution in [0.3, 0.4) is 0 Å². The summed E-state index contributed by atoms with van der Waals surface area (Å²) in [4.78, 5) is 16.5. The van der Waals surface area contributed by atoms with E-state index in [1.165, 1.54) is 0 Å². The molecule has 0 aromatic carbocycles. The van der Waals surface area contributed by atoms with Crippen LogP contribution in [0.25, 0.3) is 0 Å². The third kappa shape index (κ3) is 8.88. The zero-order valence-corrected chi connectivity index (χ0v) is 17.2. The summed E-state index contributed by atoms with van der Waals surface area (Å²) in [5, 5.41) is 3.05. The topological polar surface area (TPSA) is 70.8 Å². The van der Waals surface area contributed by atoms with Crippen molar-refractivity contribution in [3.8, 4) is 0 Å². The van der Waals surface area contributed by atoms with Crippen molar-refractivity contribution in [1.82, 2.24) is 15.1 Å². The zero-order chi connectivity index (χ0) is 19.1. The van der Waals surface area contributed by atoms with Crippen molar-refractivity contribution < 1.29 is 9.53 Å². The SMILES string of the molecule is CN(C)CCCN(C)CCOC(=O)NC1CC(C)(C)CC(C)(CN)C1. The Morgan fingerprint density at radius 1 is 1.16 bits per heavy atom. The van der Waals surface area contributed by atoms with Crippen molar-refractivity contribution in [2.45, 2.75) is 52.5 Å². The van der Waals surface area contributed by atoms with Crippen LogP contribution in [0.5, 0.6) is 0 Å². The third-order valence-corrected chi connectivity index (χ3v) is 5.11. The van der Waals surface area contributed by atoms with Gasteiger partial charge in [0.05, 0.1) is 0 Å². The highest BCUT2D eigenvalue weighted by Crippen LogP contribution is 2.45. The summed E-state index contributed by atoms with van der Waals surface area (Å²) in [6.45, 7) is 10.6. The lowest BCUT2D eigenvalue weighted by molar-refractivity contribution is 0.0695. The molecule has 6 heteroatoms. The Balaban J connectivity index is 2.29. The Morgan fingerprint density at radius 3 is 2.44 bits per heavy atom. The number of amides is 1. The molecule has 0 heterocycles. The molecular formula is C19H40N4O2. The molecule has 1 aliphatic carbocycles. The van der Waals surface area contributed by atoms with Crippen molar-refractivity contribution in [2.75, 3.05) is 53.9 Å². The number of carbonyl (C=O) groups is 1. The Labute approximate surface area is 154 Å². The number of hydrogen-bond acceptors (Lipinski definition) is 5. The monoisotopic (exact) mass is 356 g/mol. The minimum absolute atomic E-state index is 0.0896. The smallest absolute Gasteiger partial charge is 0.407 e. The van der Waals surface area contributed by atoms with Gasteiger partial charge in [-0.1, -0.05) is 20.8 Å². The van der Waals surface area contributed by atoms with Crippen LogP contribution in [0.1, 0.15) is 46.5 Å². The summed E-state index contributed by atoms with van der Waals surface area (Å²) < 4.78 is 5.38. The molecule has 2 unspecified atom stereocenters. The van der Waals surface area contributed by atoms with E-state index >= 15 is 0 Å². The van der Waals surface area contributed by atoms with Crippen LogP contribution in [0.4, 0.5) is 4.79 Å². The highest BCUT2D eigenvalue weighted by Gasteiger charge is 2.41. The minimum Gasteiger partial charge on any atom is -0.448 e. The molecule has 1 fully saturated rings. The molecule has 0 spiro atoms. The predicted molar refractivity (Wildman–Crippen MR) is 104 cm³/mol. The van der Waals surface area contributed by atoms with Crippen molar-refractivity contribution in [3.63, 3.8) is 0 Å².